The number of primary amides is 1. The van der Waals surface area contributed by atoms with E-state index in [4.69, 9.17) is 26.8 Å². The minimum absolute atomic E-state index is 0.0830. The molecule has 0 aliphatic rings. The van der Waals surface area contributed by atoms with E-state index in [0.29, 0.717) is 20.7 Å². The van der Waals surface area contributed by atoms with E-state index in [1.807, 2.05) is 0 Å². The van der Waals surface area contributed by atoms with Crippen LogP contribution in [-0.2, 0) is 20.9 Å². The molecule has 0 saturated heterocycles. The van der Waals surface area contributed by atoms with Crippen LogP contribution in [0.3, 0.4) is 0 Å². The van der Waals surface area contributed by atoms with Gasteiger partial charge in [0, 0.05) is 26.2 Å². The standard InChI is InChI=1S/C20H18ClF2NO4S/c1-3-11(19(24)25)8-14(23)15(9-22)28-10-12-17-13(21)6-5-7-16(17)29-18(12)20(26)27-4-2/h3,5-9H,4,10H2,1-2H3,(H2,24,25)/b11-3+,14-8+,15-9-. The number of rotatable bonds is 8. The molecule has 1 amide bonds. The average Bonchev–Trinajstić information content (AvgIpc) is 3.06. The highest BCUT2D eigenvalue weighted by molar-refractivity contribution is 7.21. The molecule has 1 heterocycles. The van der Waals surface area contributed by atoms with Crippen molar-refractivity contribution in [3.8, 4) is 0 Å². The summed E-state index contributed by atoms with van der Waals surface area (Å²) in [5, 5.41) is 0.899. The Morgan fingerprint density at radius 1 is 1.31 bits per heavy atom. The topological polar surface area (TPSA) is 78.6 Å². The summed E-state index contributed by atoms with van der Waals surface area (Å²) >= 11 is 7.40. The number of amides is 1. The molecule has 2 rings (SSSR count). The molecule has 0 unspecified atom stereocenters. The summed E-state index contributed by atoms with van der Waals surface area (Å²) < 4.78 is 38.6. The second-order valence-corrected chi connectivity index (χ2v) is 7.07. The van der Waals surface area contributed by atoms with Gasteiger partial charge in [-0.15, -0.1) is 11.3 Å². The van der Waals surface area contributed by atoms with Gasteiger partial charge in [0.25, 0.3) is 0 Å². The Bertz CT molecular complexity index is 1030. The van der Waals surface area contributed by atoms with E-state index in [9.17, 15) is 18.4 Å². The molecule has 1 aromatic heterocycles. The monoisotopic (exact) mass is 441 g/mol. The van der Waals surface area contributed by atoms with Crippen LogP contribution in [0.4, 0.5) is 8.78 Å². The molecule has 0 radical (unpaired) electrons. The molecule has 0 aliphatic carbocycles. The summed E-state index contributed by atoms with van der Waals surface area (Å²) in [6.45, 7) is 2.95. The van der Waals surface area contributed by atoms with Crippen molar-refractivity contribution in [2.45, 2.75) is 20.5 Å². The van der Waals surface area contributed by atoms with Crippen molar-refractivity contribution in [2.24, 2.45) is 5.73 Å². The van der Waals surface area contributed by atoms with Gasteiger partial charge in [0.1, 0.15) is 17.8 Å². The number of hydrogen-bond donors (Lipinski definition) is 1. The fourth-order valence-corrected chi connectivity index (χ4v) is 3.95. The van der Waals surface area contributed by atoms with Gasteiger partial charge in [-0.1, -0.05) is 23.7 Å². The van der Waals surface area contributed by atoms with E-state index >= 15 is 0 Å². The number of carbonyl (C=O) groups is 2. The fourth-order valence-electron chi connectivity index (χ4n) is 2.47. The van der Waals surface area contributed by atoms with Crippen LogP contribution in [-0.4, -0.2) is 18.5 Å². The molecular formula is C20H18ClF2NO4S. The van der Waals surface area contributed by atoms with Crippen molar-refractivity contribution < 1.29 is 27.8 Å². The predicted molar refractivity (Wildman–Crippen MR) is 109 cm³/mol. The number of ether oxygens (including phenoxy) is 2. The number of carbonyl (C=O) groups excluding carboxylic acids is 2. The lowest BCUT2D eigenvalue weighted by Gasteiger charge is -2.10. The molecule has 0 aliphatic heterocycles. The molecule has 0 bridgehead atoms. The Morgan fingerprint density at radius 2 is 2.03 bits per heavy atom. The van der Waals surface area contributed by atoms with Gasteiger partial charge in [-0.3, -0.25) is 4.79 Å². The van der Waals surface area contributed by atoms with E-state index in [1.54, 1.807) is 25.1 Å². The molecule has 2 N–H and O–H groups in total. The number of nitrogens with two attached hydrogens (primary N) is 1. The minimum atomic E-state index is -1.14. The average molecular weight is 442 g/mol. The number of hydrogen-bond acceptors (Lipinski definition) is 5. The fraction of sp³-hybridized carbons (Fsp3) is 0.200. The molecule has 154 valence electrons. The van der Waals surface area contributed by atoms with Gasteiger partial charge >= 0.3 is 5.97 Å². The normalized spacial score (nSPS) is 12.9. The van der Waals surface area contributed by atoms with Crippen LogP contribution in [0.2, 0.25) is 5.02 Å². The molecule has 0 atom stereocenters. The predicted octanol–water partition coefficient (Wildman–Crippen LogP) is 5.34. The number of benzene rings is 1. The van der Waals surface area contributed by atoms with E-state index in [-0.39, 0.29) is 30.0 Å². The summed E-state index contributed by atoms with van der Waals surface area (Å²) in [6.07, 6.45) is 1.96. The second kappa shape index (κ2) is 10.2. The Morgan fingerprint density at radius 3 is 2.62 bits per heavy atom. The van der Waals surface area contributed by atoms with E-state index < -0.39 is 23.5 Å². The molecule has 2 aromatic rings. The van der Waals surface area contributed by atoms with Gasteiger partial charge in [-0.05, 0) is 32.1 Å². The minimum Gasteiger partial charge on any atom is -0.483 e. The third-order valence-corrected chi connectivity index (χ3v) is 5.30. The van der Waals surface area contributed by atoms with Crippen molar-refractivity contribution in [3.05, 3.63) is 69.3 Å². The maximum atomic E-state index is 14.3. The third kappa shape index (κ3) is 5.21. The van der Waals surface area contributed by atoms with Crippen LogP contribution in [0.1, 0.15) is 29.1 Å². The second-order valence-electron chi connectivity index (χ2n) is 5.61. The number of thiophene rings is 1. The largest absolute Gasteiger partial charge is 0.483 e. The first kappa shape index (κ1) is 22.6. The Labute approximate surface area is 175 Å². The van der Waals surface area contributed by atoms with Gasteiger partial charge in [-0.25, -0.2) is 13.6 Å². The smallest absolute Gasteiger partial charge is 0.348 e. The van der Waals surface area contributed by atoms with Gasteiger partial charge < -0.3 is 15.2 Å². The first-order valence-electron chi connectivity index (χ1n) is 8.47. The lowest BCUT2D eigenvalue weighted by Crippen LogP contribution is -2.12. The summed E-state index contributed by atoms with van der Waals surface area (Å²) in [5.74, 6) is -3.36. The van der Waals surface area contributed by atoms with Crippen molar-refractivity contribution in [2.75, 3.05) is 6.61 Å². The highest BCUT2D eigenvalue weighted by Crippen LogP contribution is 2.37. The number of esters is 1. The molecule has 1 aromatic carbocycles. The molecule has 0 spiro atoms. The molecular weight excluding hydrogens is 424 g/mol. The van der Waals surface area contributed by atoms with Gasteiger partial charge in [0.2, 0.25) is 5.91 Å². The van der Waals surface area contributed by atoms with Gasteiger partial charge in [-0.2, -0.15) is 0 Å². The zero-order valence-electron chi connectivity index (χ0n) is 15.6. The highest BCUT2D eigenvalue weighted by Gasteiger charge is 2.22. The Hall–Kier alpha value is -2.71. The van der Waals surface area contributed by atoms with Crippen LogP contribution in [0.5, 0.6) is 0 Å². The lowest BCUT2D eigenvalue weighted by atomic mass is 10.1. The Balaban J connectivity index is 2.40. The van der Waals surface area contributed by atoms with Crippen LogP contribution in [0.15, 0.2) is 53.8 Å². The molecule has 9 heteroatoms. The van der Waals surface area contributed by atoms with Crippen molar-refractivity contribution in [1.82, 2.24) is 0 Å². The summed E-state index contributed by atoms with van der Waals surface area (Å²) in [7, 11) is 0. The van der Waals surface area contributed by atoms with E-state index in [0.717, 1.165) is 17.4 Å². The SMILES string of the molecule is C\C=C(/C=C(F)\C(=C\F)OCc1c(C(=O)OCC)sc2cccc(Cl)c12)C(N)=O. The molecule has 5 nitrogen and oxygen atoms in total. The van der Waals surface area contributed by atoms with Crippen molar-refractivity contribution >= 4 is 44.9 Å². The Kier molecular flexibility index (Phi) is 7.92. The summed E-state index contributed by atoms with van der Waals surface area (Å²) in [4.78, 5) is 23.7. The maximum absolute atomic E-state index is 14.3. The maximum Gasteiger partial charge on any atom is 0.348 e. The number of fused-ring (bicyclic) bond motifs is 1. The molecule has 0 saturated carbocycles. The first-order chi connectivity index (χ1) is 13.8. The zero-order chi connectivity index (χ0) is 21.6. The van der Waals surface area contributed by atoms with E-state index in [2.05, 4.69) is 0 Å². The van der Waals surface area contributed by atoms with Crippen molar-refractivity contribution in [3.63, 3.8) is 0 Å². The quantitative estimate of drug-likeness (QED) is 0.259. The number of halogens is 3. The highest BCUT2D eigenvalue weighted by atomic mass is 35.5. The van der Waals surface area contributed by atoms with E-state index in [1.165, 1.54) is 13.0 Å². The zero-order valence-corrected chi connectivity index (χ0v) is 17.2. The van der Waals surface area contributed by atoms with Gasteiger partial charge in [0.05, 0.1) is 6.61 Å². The summed E-state index contributed by atoms with van der Waals surface area (Å²) in [6, 6.07) is 5.11. The third-order valence-electron chi connectivity index (χ3n) is 3.81. The molecule has 0 fully saturated rings. The van der Waals surface area contributed by atoms with Crippen LogP contribution in [0.25, 0.3) is 10.1 Å². The lowest BCUT2D eigenvalue weighted by molar-refractivity contribution is -0.114. The summed E-state index contributed by atoms with van der Waals surface area (Å²) in [5.41, 5.74) is 5.31. The van der Waals surface area contributed by atoms with Crippen LogP contribution < -0.4 is 5.73 Å². The van der Waals surface area contributed by atoms with Crippen molar-refractivity contribution in [1.29, 1.82) is 0 Å². The van der Waals surface area contributed by atoms with Crippen LogP contribution >= 0.6 is 22.9 Å². The first-order valence-corrected chi connectivity index (χ1v) is 9.67. The number of allylic oxidation sites excluding steroid dienone is 2. The molecule has 29 heavy (non-hydrogen) atoms. The van der Waals surface area contributed by atoms with Crippen LogP contribution in [0, 0.1) is 0 Å². The van der Waals surface area contributed by atoms with Gasteiger partial charge in [0.15, 0.2) is 11.6 Å².